The van der Waals surface area contributed by atoms with E-state index in [9.17, 15) is 4.79 Å². The Balaban J connectivity index is 0.00000156. The molecule has 0 aromatic carbocycles. The normalized spacial score (nSPS) is 21.2. The molecule has 0 radical (unpaired) electrons. The Bertz CT molecular complexity index is 513. The van der Waals surface area contributed by atoms with Crippen molar-refractivity contribution in [1.29, 1.82) is 0 Å². The number of nitrogens with one attached hydrogen (secondary N) is 1. The molecule has 0 aliphatic carbocycles. The smallest absolute Gasteiger partial charge is 0.225 e. The third-order valence-electron chi connectivity index (χ3n) is 4.72. The van der Waals surface area contributed by atoms with Crippen molar-refractivity contribution in [1.82, 2.24) is 25.1 Å². The summed E-state index contributed by atoms with van der Waals surface area (Å²) in [6, 6.07) is 2.34. The lowest BCUT2D eigenvalue weighted by molar-refractivity contribution is -0.132. The van der Waals surface area contributed by atoms with Gasteiger partial charge < -0.3 is 15.1 Å². The Labute approximate surface area is 162 Å². The van der Waals surface area contributed by atoms with Crippen LogP contribution in [0.15, 0.2) is 18.5 Å². The van der Waals surface area contributed by atoms with Gasteiger partial charge in [0.25, 0.3) is 0 Å². The highest BCUT2D eigenvalue weighted by Crippen LogP contribution is 2.11. The zero-order valence-corrected chi connectivity index (χ0v) is 16.3. The van der Waals surface area contributed by atoms with Gasteiger partial charge in [0.05, 0.1) is 0 Å². The predicted molar refractivity (Wildman–Crippen MR) is 104 cm³/mol. The van der Waals surface area contributed by atoms with E-state index in [1.807, 2.05) is 11.0 Å². The third-order valence-corrected chi connectivity index (χ3v) is 4.72. The maximum Gasteiger partial charge on any atom is 0.225 e. The van der Waals surface area contributed by atoms with Gasteiger partial charge in [0.1, 0.15) is 0 Å². The second-order valence-electron chi connectivity index (χ2n) is 6.26. The lowest BCUT2D eigenvalue weighted by Gasteiger charge is -2.36. The molecule has 9 heteroatoms. The number of piperazine rings is 2. The van der Waals surface area contributed by atoms with E-state index in [0.717, 1.165) is 58.3 Å². The number of hydrogen-bond acceptors (Lipinski definition) is 6. The molecule has 0 spiro atoms. The van der Waals surface area contributed by atoms with Crippen molar-refractivity contribution in [2.75, 3.05) is 57.3 Å². The predicted octanol–water partition coefficient (Wildman–Crippen LogP) is 0.653. The van der Waals surface area contributed by atoms with Crippen molar-refractivity contribution < 1.29 is 4.79 Å². The van der Waals surface area contributed by atoms with Crippen LogP contribution in [-0.4, -0.2) is 84.1 Å². The zero-order chi connectivity index (χ0) is 16.1. The van der Waals surface area contributed by atoms with E-state index in [4.69, 9.17) is 0 Å². The molecule has 2 fully saturated rings. The van der Waals surface area contributed by atoms with Gasteiger partial charge in [-0.15, -0.1) is 24.8 Å². The van der Waals surface area contributed by atoms with Crippen LogP contribution in [0.4, 0.5) is 5.95 Å². The standard InChI is InChI=1S/C16H26N6O.2ClH/c1-14-13-17-6-8-20(14)7-3-15(23)21-9-11-22(12-10-21)16-18-4-2-5-19-16;;/h2,4-5,14,17H,3,6-13H2,1H3;2*1H/t14-;;/m1../s1. The van der Waals surface area contributed by atoms with Crippen LogP contribution in [0.2, 0.25) is 0 Å². The Morgan fingerprint density at radius 2 is 1.84 bits per heavy atom. The minimum Gasteiger partial charge on any atom is -0.339 e. The van der Waals surface area contributed by atoms with Crippen molar-refractivity contribution in [3.05, 3.63) is 18.5 Å². The van der Waals surface area contributed by atoms with Crippen LogP contribution in [0, 0.1) is 0 Å². The van der Waals surface area contributed by atoms with Gasteiger partial charge in [-0.1, -0.05) is 0 Å². The minimum absolute atomic E-state index is 0. The molecule has 142 valence electrons. The summed E-state index contributed by atoms with van der Waals surface area (Å²) in [5.41, 5.74) is 0. The van der Waals surface area contributed by atoms with Crippen LogP contribution in [0.25, 0.3) is 0 Å². The topological polar surface area (TPSA) is 64.6 Å². The van der Waals surface area contributed by atoms with Gasteiger partial charge in [0, 0.05) is 77.2 Å². The first-order valence-electron chi connectivity index (χ1n) is 8.48. The molecule has 0 saturated carbocycles. The average molecular weight is 391 g/mol. The van der Waals surface area contributed by atoms with Crippen LogP contribution < -0.4 is 10.2 Å². The Morgan fingerprint density at radius 3 is 2.48 bits per heavy atom. The van der Waals surface area contributed by atoms with E-state index in [1.54, 1.807) is 12.4 Å². The van der Waals surface area contributed by atoms with Gasteiger partial charge >= 0.3 is 0 Å². The summed E-state index contributed by atoms with van der Waals surface area (Å²) in [4.78, 5) is 27.5. The number of aromatic nitrogens is 2. The molecule has 1 atom stereocenters. The second kappa shape index (κ2) is 10.8. The molecule has 0 unspecified atom stereocenters. The van der Waals surface area contributed by atoms with Crippen LogP contribution in [0.1, 0.15) is 13.3 Å². The molecule has 1 aromatic heterocycles. The summed E-state index contributed by atoms with van der Waals surface area (Å²) in [6.45, 7) is 9.28. The van der Waals surface area contributed by atoms with E-state index < -0.39 is 0 Å². The fourth-order valence-corrected chi connectivity index (χ4v) is 3.22. The van der Waals surface area contributed by atoms with Crippen molar-refractivity contribution in [3.63, 3.8) is 0 Å². The van der Waals surface area contributed by atoms with Crippen LogP contribution in [0.3, 0.4) is 0 Å². The number of nitrogens with zero attached hydrogens (tertiary/aromatic N) is 5. The van der Waals surface area contributed by atoms with Gasteiger partial charge in [-0.3, -0.25) is 9.69 Å². The monoisotopic (exact) mass is 390 g/mol. The Kier molecular flexibility index (Phi) is 9.42. The molecular formula is C16H28Cl2N6O. The minimum atomic E-state index is 0. The highest BCUT2D eigenvalue weighted by Gasteiger charge is 2.24. The quantitative estimate of drug-likeness (QED) is 0.814. The molecule has 2 aliphatic rings. The highest BCUT2D eigenvalue weighted by molar-refractivity contribution is 5.85. The molecule has 0 bridgehead atoms. The first-order chi connectivity index (χ1) is 11.2. The van der Waals surface area contributed by atoms with Gasteiger partial charge in [0.15, 0.2) is 0 Å². The molecule has 2 saturated heterocycles. The number of hydrogen-bond donors (Lipinski definition) is 1. The lowest BCUT2D eigenvalue weighted by Crippen LogP contribution is -2.52. The van der Waals surface area contributed by atoms with Gasteiger partial charge in [0.2, 0.25) is 11.9 Å². The first-order valence-corrected chi connectivity index (χ1v) is 8.48. The maximum atomic E-state index is 12.4. The SMILES string of the molecule is C[C@@H]1CNCCN1CCC(=O)N1CCN(c2ncccn2)CC1.Cl.Cl. The Hall–Kier alpha value is -1.15. The van der Waals surface area contributed by atoms with Crippen molar-refractivity contribution in [3.8, 4) is 0 Å². The zero-order valence-electron chi connectivity index (χ0n) is 14.6. The van der Waals surface area contributed by atoms with E-state index >= 15 is 0 Å². The number of rotatable bonds is 4. The van der Waals surface area contributed by atoms with Gasteiger partial charge in [-0.2, -0.15) is 0 Å². The molecule has 25 heavy (non-hydrogen) atoms. The molecule has 1 N–H and O–H groups in total. The molecule has 7 nitrogen and oxygen atoms in total. The van der Waals surface area contributed by atoms with E-state index in [0.29, 0.717) is 12.5 Å². The number of carbonyl (C=O) groups is 1. The lowest BCUT2D eigenvalue weighted by atomic mass is 10.2. The third kappa shape index (κ3) is 5.95. The number of halogens is 2. The average Bonchev–Trinajstić information content (AvgIpc) is 2.62. The van der Waals surface area contributed by atoms with E-state index in [1.165, 1.54) is 0 Å². The van der Waals surface area contributed by atoms with Crippen LogP contribution in [0.5, 0.6) is 0 Å². The van der Waals surface area contributed by atoms with Crippen LogP contribution in [-0.2, 0) is 4.79 Å². The first kappa shape index (κ1) is 21.9. The number of anilines is 1. The van der Waals surface area contributed by atoms with Crippen molar-refractivity contribution in [2.45, 2.75) is 19.4 Å². The second-order valence-corrected chi connectivity index (χ2v) is 6.26. The van der Waals surface area contributed by atoms with Crippen molar-refractivity contribution in [2.24, 2.45) is 0 Å². The number of amides is 1. The molecule has 3 heterocycles. The van der Waals surface area contributed by atoms with Gasteiger partial charge in [-0.05, 0) is 13.0 Å². The number of carbonyl (C=O) groups excluding carboxylic acids is 1. The van der Waals surface area contributed by atoms with E-state index in [2.05, 4.69) is 32.0 Å². The van der Waals surface area contributed by atoms with E-state index in [-0.39, 0.29) is 30.7 Å². The fraction of sp³-hybridized carbons (Fsp3) is 0.688. The summed E-state index contributed by atoms with van der Waals surface area (Å²) in [5, 5.41) is 3.38. The summed E-state index contributed by atoms with van der Waals surface area (Å²) < 4.78 is 0. The highest BCUT2D eigenvalue weighted by atomic mass is 35.5. The van der Waals surface area contributed by atoms with Gasteiger partial charge in [-0.25, -0.2) is 9.97 Å². The Morgan fingerprint density at radius 1 is 1.16 bits per heavy atom. The molecular weight excluding hydrogens is 363 g/mol. The molecule has 2 aliphatic heterocycles. The molecule has 1 amide bonds. The summed E-state index contributed by atoms with van der Waals surface area (Å²) in [5.74, 6) is 1.03. The molecule has 3 rings (SSSR count). The summed E-state index contributed by atoms with van der Waals surface area (Å²) >= 11 is 0. The summed E-state index contributed by atoms with van der Waals surface area (Å²) in [7, 11) is 0. The van der Waals surface area contributed by atoms with Crippen LogP contribution >= 0.6 is 24.8 Å². The maximum absolute atomic E-state index is 12.4. The fourth-order valence-electron chi connectivity index (χ4n) is 3.22. The largest absolute Gasteiger partial charge is 0.339 e. The summed E-state index contributed by atoms with van der Waals surface area (Å²) in [6.07, 6.45) is 4.13. The molecule has 1 aromatic rings. The van der Waals surface area contributed by atoms with Crippen molar-refractivity contribution >= 4 is 36.7 Å².